The minimum Gasteiger partial charge on any atom is -0.497 e. The maximum Gasteiger partial charge on any atom is 0.293 e. The topological polar surface area (TPSA) is 129 Å². The Kier molecular flexibility index (Phi) is 4.77. The molecule has 10 nitrogen and oxygen atoms in total. The molecule has 2 aromatic carbocycles. The van der Waals surface area contributed by atoms with Gasteiger partial charge in [-0.05, 0) is 36.4 Å². The summed E-state index contributed by atoms with van der Waals surface area (Å²) < 4.78 is 34.2. The van der Waals surface area contributed by atoms with Crippen molar-refractivity contribution in [3.05, 3.63) is 58.9 Å². The number of aryl methyl sites for hydroxylation is 1. The lowest BCUT2D eigenvalue weighted by molar-refractivity contribution is -0.387. The highest BCUT2D eigenvalue weighted by Gasteiger charge is 2.26. The van der Waals surface area contributed by atoms with Crippen LogP contribution in [-0.2, 0) is 17.1 Å². The standard InChI is InChI=1S/C16H15N5O5S/c1-20-10-17-18-16(20)11-3-5-12(6-4-11)19-27(24,25)15-8-7-13(26-2)9-14(15)21(22)23/h3-10,19H,1-2H3. The minimum atomic E-state index is -4.17. The lowest BCUT2D eigenvalue weighted by Crippen LogP contribution is -2.14. The van der Waals surface area contributed by atoms with Crippen molar-refractivity contribution in [1.29, 1.82) is 0 Å². The third-order valence-electron chi connectivity index (χ3n) is 3.76. The number of aromatic nitrogens is 3. The summed E-state index contributed by atoms with van der Waals surface area (Å²) in [6.07, 6.45) is 1.55. The Morgan fingerprint density at radius 3 is 2.44 bits per heavy atom. The molecular weight excluding hydrogens is 374 g/mol. The van der Waals surface area contributed by atoms with Crippen LogP contribution in [0, 0.1) is 10.1 Å². The summed E-state index contributed by atoms with van der Waals surface area (Å²) in [6, 6.07) is 9.96. The second-order valence-corrected chi connectivity index (χ2v) is 7.19. The number of methoxy groups -OCH3 is 1. The first-order valence-electron chi connectivity index (χ1n) is 7.61. The number of hydrogen-bond acceptors (Lipinski definition) is 7. The molecule has 27 heavy (non-hydrogen) atoms. The van der Waals surface area contributed by atoms with Crippen LogP contribution in [0.2, 0.25) is 0 Å². The molecule has 1 N–H and O–H groups in total. The summed E-state index contributed by atoms with van der Waals surface area (Å²) in [4.78, 5) is 10.0. The molecule has 3 aromatic rings. The fraction of sp³-hybridized carbons (Fsp3) is 0.125. The third kappa shape index (κ3) is 3.72. The van der Waals surface area contributed by atoms with Crippen LogP contribution < -0.4 is 9.46 Å². The summed E-state index contributed by atoms with van der Waals surface area (Å²) in [5.41, 5.74) is 0.428. The Morgan fingerprint density at radius 1 is 1.19 bits per heavy atom. The molecule has 0 saturated heterocycles. The zero-order valence-corrected chi connectivity index (χ0v) is 15.2. The van der Waals surface area contributed by atoms with Crippen LogP contribution in [0.15, 0.2) is 53.7 Å². The Morgan fingerprint density at radius 2 is 1.89 bits per heavy atom. The molecule has 1 aromatic heterocycles. The van der Waals surface area contributed by atoms with Gasteiger partial charge in [-0.25, -0.2) is 8.42 Å². The molecule has 0 radical (unpaired) electrons. The highest BCUT2D eigenvalue weighted by atomic mass is 32.2. The predicted octanol–water partition coefficient (Wildman–Crippen LogP) is 2.20. The van der Waals surface area contributed by atoms with E-state index in [1.165, 1.54) is 25.3 Å². The lowest BCUT2D eigenvalue weighted by atomic mass is 10.2. The average molecular weight is 389 g/mol. The Balaban J connectivity index is 1.91. The van der Waals surface area contributed by atoms with Crippen molar-refractivity contribution < 1.29 is 18.1 Å². The maximum atomic E-state index is 12.6. The van der Waals surface area contributed by atoms with Crippen LogP contribution in [0.3, 0.4) is 0 Å². The number of nitro groups is 1. The SMILES string of the molecule is COc1ccc(S(=O)(=O)Nc2ccc(-c3nncn3C)cc2)c([N+](=O)[O-])c1. The molecular formula is C16H15N5O5S. The van der Waals surface area contributed by atoms with Crippen LogP contribution in [0.25, 0.3) is 11.4 Å². The molecule has 11 heteroatoms. The molecule has 0 aliphatic carbocycles. The van der Waals surface area contributed by atoms with E-state index in [0.717, 1.165) is 17.7 Å². The van der Waals surface area contributed by atoms with Crippen molar-refractivity contribution >= 4 is 21.4 Å². The number of anilines is 1. The van der Waals surface area contributed by atoms with E-state index in [-0.39, 0.29) is 11.4 Å². The second-order valence-electron chi connectivity index (χ2n) is 5.54. The molecule has 3 rings (SSSR count). The van der Waals surface area contributed by atoms with Gasteiger partial charge in [-0.2, -0.15) is 0 Å². The monoisotopic (exact) mass is 389 g/mol. The van der Waals surface area contributed by atoms with Gasteiger partial charge < -0.3 is 9.30 Å². The molecule has 1 heterocycles. The molecule has 0 aliphatic rings. The van der Waals surface area contributed by atoms with E-state index in [9.17, 15) is 18.5 Å². The summed E-state index contributed by atoms with van der Waals surface area (Å²) in [5.74, 6) is 0.809. The molecule has 0 atom stereocenters. The van der Waals surface area contributed by atoms with Gasteiger partial charge in [0.25, 0.3) is 15.7 Å². The maximum absolute atomic E-state index is 12.6. The first-order valence-corrected chi connectivity index (χ1v) is 9.10. The number of sulfonamides is 1. The second kappa shape index (κ2) is 7.03. The Bertz CT molecular complexity index is 1090. The first-order chi connectivity index (χ1) is 12.8. The van der Waals surface area contributed by atoms with Gasteiger partial charge in [0.1, 0.15) is 12.1 Å². The van der Waals surface area contributed by atoms with Crippen LogP contribution in [0.4, 0.5) is 11.4 Å². The number of hydrogen-bond donors (Lipinski definition) is 1. The van der Waals surface area contributed by atoms with Gasteiger partial charge in [-0.15, -0.1) is 10.2 Å². The fourth-order valence-electron chi connectivity index (χ4n) is 2.44. The Hall–Kier alpha value is -3.47. The lowest BCUT2D eigenvalue weighted by Gasteiger charge is -2.10. The van der Waals surface area contributed by atoms with Crippen LogP contribution in [0.5, 0.6) is 5.75 Å². The van der Waals surface area contributed by atoms with Gasteiger partial charge in [0.15, 0.2) is 10.7 Å². The van der Waals surface area contributed by atoms with Crippen molar-refractivity contribution in [2.24, 2.45) is 7.05 Å². The average Bonchev–Trinajstić information content (AvgIpc) is 3.07. The van der Waals surface area contributed by atoms with E-state index in [2.05, 4.69) is 14.9 Å². The summed E-state index contributed by atoms with van der Waals surface area (Å²) in [7, 11) is -1.05. The third-order valence-corrected chi connectivity index (χ3v) is 5.19. The van der Waals surface area contributed by atoms with E-state index in [1.807, 2.05) is 0 Å². The normalized spacial score (nSPS) is 11.2. The zero-order valence-electron chi connectivity index (χ0n) is 14.4. The summed E-state index contributed by atoms with van der Waals surface area (Å²) >= 11 is 0. The number of nitrogens with zero attached hydrogens (tertiary/aromatic N) is 4. The molecule has 0 fully saturated rings. The van der Waals surface area contributed by atoms with Crippen LogP contribution in [-0.4, -0.2) is 35.2 Å². The number of nitrogens with one attached hydrogen (secondary N) is 1. The largest absolute Gasteiger partial charge is 0.497 e. The molecule has 0 aliphatic heterocycles. The van der Waals surface area contributed by atoms with Gasteiger partial charge in [-0.3, -0.25) is 14.8 Å². The van der Waals surface area contributed by atoms with E-state index >= 15 is 0 Å². The zero-order chi connectivity index (χ0) is 19.6. The first kappa shape index (κ1) is 18.3. The van der Waals surface area contributed by atoms with Gasteiger partial charge >= 0.3 is 0 Å². The summed E-state index contributed by atoms with van der Waals surface area (Å²) in [6.45, 7) is 0. The van der Waals surface area contributed by atoms with Crippen molar-refractivity contribution in [1.82, 2.24) is 14.8 Å². The number of nitro benzene ring substituents is 1. The van der Waals surface area contributed by atoms with Gasteiger partial charge in [0, 0.05) is 18.3 Å². The fourth-order valence-corrected chi connectivity index (χ4v) is 3.65. The number of benzene rings is 2. The molecule has 0 amide bonds. The highest BCUT2D eigenvalue weighted by molar-refractivity contribution is 7.92. The molecule has 0 spiro atoms. The smallest absolute Gasteiger partial charge is 0.293 e. The highest BCUT2D eigenvalue weighted by Crippen LogP contribution is 2.30. The van der Waals surface area contributed by atoms with Crippen molar-refractivity contribution in [2.75, 3.05) is 11.8 Å². The van der Waals surface area contributed by atoms with Crippen molar-refractivity contribution in [3.8, 4) is 17.1 Å². The minimum absolute atomic E-state index is 0.189. The molecule has 0 saturated carbocycles. The van der Waals surface area contributed by atoms with Crippen LogP contribution >= 0.6 is 0 Å². The van der Waals surface area contributed by atoms with Crippen LogP contribution in [0.1, 0.15) is 0 Å². The molecule has 140 valence electrons. The quantitative estimate of drug-likeness (QED) is 0.505. The molecule has 0 unspecified atom stereocenters. The Labute approximate surface area is 154 Å². The predicted molar refractivity (Wildman–Crippen MR) is 96.9 cm³/mol. The van der Waals surface area contributed by atoms with Gasteiger partial charge in [-0.1, -0.05) is 0 Å². The van der Waals surface area contributed by atoms with Gasteiger partial charge in [0.05, 0.1) is 18.1 Å². The number of ether oxygens (including phenoxy) is 1. The summed E-state index contributed by atoms with van der Waals surface area (Å²) in [5, 5.41) is 19.0. The van der Waals surface area contributed by atoms with E-state index in [4.69, 9.17) is 4.74 Å². The van der Waals surface area contributed by atoms with E-state index in [1.54, 1.807) is 30.1 Å². The van der Waals surface area contributed by atoms with Crippen molar-refractivity contribution in [3.63, 3.8) is 0 Å². The van der Waals surface area contributed by atoms with Crippen molar-refractivity contribution in [2.45, 2.75) is 4.90 Å². The number of rotatable bonds is 6. The van der Waals surface area contributed by atoms with E-state index in [0.29, 0.717) is 5.82 Å². The van der Waals surface area contributed by atoms with Gasteiger partial charge in [0.2, 0.25) is 0 Å². The van der Waals surface area contributed by atoms with E-state index < -0.39 is 25.5 Å². The molecule has 0 bridgehead atoms.